The molecule has 1 aliphatic carbocycles. The molecule has 3 amide bonds. The van der Waals surface area contributed by atoms with Gasteiger partial charge in [-0.25, -0.2) is 0 Å². The highest BCUT2D eigenvalue weighted by Crippen LogP contribution is 2.30. The van der Waals surface area contributed by atoms with Crippen LogP contribution < -0.4 is 16.0 Å². The number of hydrogen-bond acceptors (Lipinski definition) is 3. The van der Waals surface area contributed by atoms with Gasteiger partial charge in [0.15, 0.2) is 0 Å². The van der Waals surface area contributed by atoms with Gasteiger partial charge < -0.3 is 16.0 Å². The number of benzene rings is 2. The molecule has 0 aromatic heterocycles. The molecule has 6 nitrogen and oxygen atoms in total. The molecule has 2 fully saturated rings. The summed E-state index contributed by atoms with van der Waals surface area (Å²) in [4.78, 5) is 38.9. The van der Waals surface area contributed by atoms with Crippen LogP contribution in [-0.2, 0) is 27.0 Å². The molecule has 4 rings (SSSR count). The molecule has 0 spiro atoms. The lowest BCUT2D eigenvalue weighted by molar-refractivity contribution is -0.137. The predicted octanol–water partition coefficient (Wildman–Crippen LogP) is 5.82. The lowest BCUT2D eigenvalue weighted by Crippen LogP contribution is -2.50. The first kappa shape index (κ1) is 31.3. The van der Waals surface area contributed by atoms with E-state index in [-0.39, 0.29) is 29.7 Å². The fraction of sp³-hybridized carbons (Fsp3) is 0.485. The van der Waals surface area contributed by atoms with Crippen molar-refractivity contribution in [2.75, 3.05) is 6.54 Å². The van der Waals surface area contributed by atoms with Crippen LogP contribution in [0.2, 0.25) is 0 Å². The molecular weight excluding hydrogens is 543 g/mol. The van der Waals surface area contributed by atoms with Crippen molar-refractivity contribution in [1.29, 1.82) is 0 Å². The lowest BCUT2D eigenvalue weighted by Gasteiger charge is -2.28. The zero-order valence-corrected chi connectivity index (χ0v) is 23.8. The molecule has 42 heavy (non-hydrogen) atoms. The summed E-state index contributed by atoms with van der Waals surface area (Å²) in [6, 6.07) is 13.4. The molecule has 0 unspecified atom stereocenters. The van der Waals surface area contributed by atoms with Crippen molar-refractivity contribution in [3.63, 3.8) is 0 Å². The summed E-state index contributed by atoms with van der Waals surface area (Å²) in [5.74, 6) is -0.617. The molecule has 1 saturated carbocycles. The third kappa shape index (κ3) is 9.74. The van der Waals surface area contributed by atoms with Crippen molar-refractivity contribution in [2.45, 2.75) is 82.5 Å². The monoisotopic (exact) mass is 583 g/mol. The smallest absolute Gasteiger partial charge is 0.356 e. The van der Waals surface area contributed by atoms with Crippen LogP contribution in [0.5, 0.6) is 0 Å². The van der Waals surface area contributed by atoms with Gasteiger partial charge in [-0.15, -0.1) is 0 Å². The molecule has 3 N–H and O–H groups in total. The van der Waals surface area contributed by atoms with Crippen LogP contribution in [0, 0.1) is 11.8 Å². The maximum absolute atomic E-state index is 13.7. The number of hydrogen-bond donors (Lipinski definition) is 3. The summed E-state index contributed by atoms with van der Waals surface area (Å²) in [7, 11) is 0. The first-order chi connectivity index (χ1) is 20.2. The second-order valence-corrected chi connectivity index (χ2v) is 11.5. The molecule has 1 aliphatic heterocycles. The van der Waals surface area contributed by atoms with E-state index in [0.717, 1.165) is 48.9 Å². The molecule has 1 saturated heterocycles. The summed E-state index contributed by atoms with van der Waals surface area (Å²) in [5, 5.41) is 8.84. The van der Waals surface area contributed by atoms with Gasteiger partial charge in [0.1, 0.15) is 6.04 Å². The molecule has 0 bridgehead atoms. The van der Waals surface area contributed by atoms with Crippen LogP contribution in [-0.4, -0.2) is 36.3 Å². The maximum atomic E-state index is 13.7. The predicted molar refractivity (Wildman–Crippen MR) is 156 cm³/mol. The number of amides is 3. The quantitative estimate of drug-likeness (QED) is 0.275. The highest BCUT2D eigenvalue weighted by Gasteiger charge is 2.32. The van der Waals surface area contributed by atoms with Gasteiger partial charge in [0.25, 0.3) is 0 Å². The molecule has 1 heterocycles. The number of aryl methyl sites for hydroxylation is 1. The normalized spacial score (nSPS) is 19.3. The van der Waals surface area contributed by atoms with E-state index in [2.05, 4.69) is 16.0 Å². The minimum absolute atomic E-state index is 0.0538. The van der Waals surface area contributed by atoms with Crippen molar-refractivity contribution >= 4 is 23.8 Å². The Balaban J connectivity index is 1.45. The summed E-state index contributed by atoms with van der Waals surface area (Å²) in [6.07, 6.45) is 6.67. The second kappa shape index (κ2) is 15.0. The van der Waals surface area contributed by atoms with E-state index in [1.165, 1.54) is 24.6 Å². The summed E-state index contributed by atoms with van der Waals surface area (Å²) < 4.78 is 39.0. The van der Waals surface area contributed by atoms with Gasteiger partial charge >= 0.3 is 6.18 Å². The molecule has 9 heteroatoms. The van der Waals surface area contributed by atoms with Crippen LogP contribution >= 0.6 is 0 Å². The second-order valence-electron chi connectivity index (χ2n) is 11.5. The number of nitrogens with one attached hydrogen (secondary N) is 3. The Labute approximate surface area is 245 Å². The number of alkyl halides is 3. The van der Waals surface area contributed by atoms with Crippen molar-refractivity contribution in [1.82, 2.24) is 16.0 Å². The van der Waals surface area contributed by atoms with Gasteiger partial charge in [-0.3, -0.25) is 14.4 Å². The van der Waals surface area contributed by atoms with Crippen molar-refractivity contribution in [3.8, 4) is 0 Å². The third-order valence-corrected chi connectivity index (χ3v) is 8.29. The van der Waals surface area contributed by atoms with E-state index >= 15 is 0 Å². The number of carbonyl (C=O) groups is 3. The molecule has 3 atom stereocenters. The SMILES string of the molecule is O=C(C=Cc1ccccc1)N[C@@H](CC1CCCCC1)C(=O)N[C@@H](CCc1ccc(C(F)(F)F)cc1)C[C@@H]1CCNC1=O. The average molecular weight is 584 g/mol. The van der Waals surface area contributed by atoms with Gasteiger partial charge in [-0.05, 0) is 67.4 Å². The molecule has 2 aromatic rings. The highest BCUT2D eigenvalue weighted by molar-refractivity contribution is 5.95. The number of carbonyl (C=O) groups excluding carboxylic acids is 3. The Bertz CT molecular complexity index is 1210. The molecule has 0 radical (unpaired) electrons. The minimum Gasteiger partial charge on any atom is -0.356 e. The van der Waals surface area contributed by atoms with Crippen molar-refractivity contribution in [2.24, 2.45) is 11.8 Å². The highest BCUT2D eigenvalue weighted by atomic mass is 19.4. The van der Waals surface area contributed by atoms with Crippen LogP contribution in [0.4, 0.5) is 13.2 Å². The van der Waals surface area contributed by atoms with Crippen LogP contribution in [0.3, 0.4) is 0 Å². The van der Waals surface area contributed by atoms with E-state index in [0.29, 0.717) is 44.6 Å². The van der Waals surface area contributed by atoms with Crippen molar-refractivity contribution in [3.05, 3.63) is 77.4 Å². The lowest BCUT2D eigenvalue weighted by atomic mass is 9.84. The number of halogens is 3. The third-order valence-electron chi connectivity index (χ3n) is 8.29. The van der Waals surface area contributed by atoms with E-state index < -0.39 is 17.8 Å². The van der Waals surface area contributed by atoms with Gasteiger partial charge in [0.05, 0.1) is 5.56 Å². The van der Waals surface area contributed by atoms with E-state index in [4.69, 9.17) is 0 Å². The van der Waals surface area contributed by atoms with Gasteiger partial charge in [-0.1, -0.05) is 74.6 Å². The first-order valence-corrected chi connectivity index (χ1v) is 14.9. The minimum atomic E-state index is -4.40. The molecule has 2 aromatic carbocycles. The van der Waals surface area contributed by atoms with E-state index in [1.807, 2.05) is 30.3 Å². The van der Waals surface area contributed by atoms with Crippen LogP contribution in [0.1, 0.15) is 74.5 Å². The van der Waals surface area contributed by atoms with E-state index in [9.17, 15) is 27.6 Å². The Hall–Kier alpha value is -3.62. The fourth-order valence-electron chi connectivity index (χ4n) is 5.91. The summed E-state index contributed by atoms with van der Waals surface area (Å²) >= 11 is 0. The first-order valence-electron chi connectivity index (χ1n) is 14.9. The summed E-state index contributed by atoms with van der Waals surface area (Å²) in [5.41, 5.74) is 0.886. The largest absolute Gasteiger partial charge is 0.416 e. The molecular formula is C33H40F3N3O3. The van der Waals surface area contributed by atoms with Gasteiger partial charge in [0, 0.05) is 24.6 Å². The van der Waals surface area contributed by atoms with Gasteiger partial charge in [0.2, 0.25) is 17.7 Å². The molecule has 226 valence electrons. The average Bonchev–Trinajstić information content (AvgIpc) is 3.39. The Morgan fingerprint density at radius 2 is 1.64 bits per heavy atom. The maximum Gasteiger partial charge on any atom is 0.416 e. The van der Waals surface area contributed by atoms with Crippen molar-refractivity contribution < 1.29 is 27.6 Å². The zero-order valence-electron chi connectivity index (χ0n) is 23.8. The number of rotatable bonds is 12. The van der Waals surface area contributed by atoms with Crippen LogP contribution in [0.25, 0.3) is 6.08 Å². The van der Waals surface area contributed by atoms with Gasteiger partial charge in [-0.2, -0.15) is 13.2 Å². The van der Waals surface area contributed by atoms with Crippen LogP contribution in [0.15, 0.2) is 60.7 Å². The molecule has 2 aliphatic rings. The van der Waals surface area contributed by atoms with E-state index in [1.54, 1.807) is 6.08 Å². The Morgan fingerprint density at radius 1 is 0.929 bits per heavy atom. The topological polar surface area (TPSA) is 87.3 Å². The standard InChI is InChI=1S/C33H40F3N3O3/c34-33(35,36)27-15-11-24(12-16-27)13-17-28(22-26-19-20-37-31(26)41)38-32(42)29(21-25-9-5-2-6-10-25)39-30(40)18-14-23-7-3-1-4-8-23/h1,3-4,7-8,11-12,14-16,18,25-26,28-29H,2,5-6,9-10,13,17,19-22H2,(H,37,41)(H,38,42)(H,39,40)/t26-,28-,29-/m0/s1. The Kier molecular flexibility index (Phi) is 11.2. The fourth-order valence-corrected chi connectivity index (χ4v) is 5.91. The zero-order chi connectivity index (χ0) is 30.0. The Morgan fingerprint density at radius 3 is 2.29 bits per heavy atom. The summed E-state index contributed by atoms with van der Waals surface area (Å²) in [6.45, 7) is 0.581.